The summed E-state index contributed by atoms with van der Waals surface area (Å²) < 4.78 is 0. The molecule has 0 bridgehead atoms. The second-order valence-electron chi connectivity index (χ2n) is 2.57. The fraction of sp³-hybridized carbons (Fsp3) is 0.875. The van der Waals surface area contributed by atoms with Gasteiger partial charge in [-0.2, -0.15) is 0 Å². The first-order valence-corrected chi connectivity index (χ1v) is 3.98. The zero-order valence-corrected chi connectivity index (χ0v) is 6.89. The van der Waals surface area contributed by atoms with Gasteiger partial charge in [0.05, 0.1) is 0 Å². The van der Waals surface area contributed by atoms with Crippen LogP contribution in [0.4, 0.5) is 0 Å². The van der Waals surface area contributed by atoms with Crippen LogP contribution in [0.15, 0.2) is 0 Å². The minimum atomic E-state index is 0.639. The average Bonchev–Trinajstić information content (AvgIpc) is 2.40. The van der Waals surface area contributed by atoms with Gasteiger partial charge < -0.3 is 10.1 Å². The summed E-state index contributed by atoms with van der Waals surface area (Å²) in [5.41, 5.74) is 0. The molecular formula is C8H17NO. The zero-order valence-electron chi connectivity index (χ0n) is 6.89. The van der Waals surface area contributed by atoms with E-state index in [4.69, 9.17) is 0 Å². The highest BCUT2D eigenvalue weighted by Gasteiger charge is 2.05. The highest BCUT2D eigenvalue weighted by molar-refractivity contribution is 5.48. The molecule has 1 atom stereocenters. The van der Waals surface area contributed by atoms with Crippen LogP contribution in [0.2, 0.25) is 0 Å². The highest BCUT2D eigenvalue weighted by atomic mass is 16.1. The number of hydrogen-bond donors (Lipinski definition) is 1. The normalized spacial score (nSPS) is 23.2. The van der Waals surface area contributed by atoms with E-state index in [9.17, 15) is 4.79 Å². The Kier molecular flexibility index (Phi) is 6.50. The summed E-state index contributed by atoms with van der Waals surface area (Å²) in [4.78, 5) is 9.17. The van der Waals surface area contributed by atoms with Gasteiger partial charge in [-0.1, -0.05) is 6.92 Å². The predicted molar refractivity (Wildman–Crippen MR) is 43.1 cm³/mol. The van der Waals surface area contributed by atoms with Crippen molar-refractivity contribution in [1.29, 1.82) is 0 Å². The van der Waals surface area contributed by atoms with Gasteiger partial charge in [0.15, 0.2) is 0 Å². The molecule has 0 aromatic carbocycles. The Morgan fingerprint density at radius 1 is 1.70 bits per heavy atom. The lowest BCUT2D eigenvalue weighted by atomic mass is 10.3. The first-order chi connectivity index (χ1) is 4.81. The molecule has 0 aliphatic carbocycles. The number of carbonyl (C=O) groups excluding carboxylic acids is 1. The first-order valence-electron chi connectivity index (χ1n) is 3.98. The van der Waals surface area contributed by atoms with Gasteiger partial charge in [-0.15, -0.1) is 0 Å². The van der Waals surface area contributed by atoms with E-state index < -0.39 is 0 Å². The van der Waals surface area contributed by atoms with E-state index in [0.717, 1.165) is 12.3 Å². The summed E-state index contributed by atoms with van der Waals surface area (Å²) in [6.45, 7) is 5.28. The van der Waals surface area contributed by atoms with Crippen LogP contribution in [-0.4, -0.2) is 18.9 Å². The van der Waals surface area contributed by atoms with Crippen molar-refractivity contribution >= 4 is 6.29 Å². The molecule has 0 aromatic heterocycles. The molecule has 2 heteroatoms. The Morgan fingerprint density at radius 3 is 2.40 bits per heavy atom. The van der Waals surface area contributed by atoms with Gasteiger partial charge in [-0.3, -0.25) is 0 Å². The monoisotopic (exact) mass is 143 g/mol. The second-order valence-corrected chi connectivity index (χ2v) is 2.57. The molecule has 0 radical (unpaired) electrons. The molecule has 0 spiro atoms. The van der Waals surface area contributed by atoms with Crippen LogP contribution < -0.4 is 5.32 Å². The Bertz CT molecular complexity index is 77.3. The number of hydrogen-bond acceptors (Lipinski definition) is 2. The third-order valence-electron chi connectivity index (χ3n) is 1.47. The van der Waals surface area contributed by atoms with Gasteiger partial charge in [-0.05, 0) is 26.3 Å². The summed E-state index contributed by atoms with van der Waals surface area (Å²) in [5, 5.41) is 3.32. The van der Waals surface area contributed by atoms with Crippen molar-refractivity contribution < 1.29 is 4.79 Å². The number of carbonyl (C=O) groups is 1. The average molecular weight is 143 g/mol. The third kappa shape index (κ3) is 5.76. The highest BCUT2D eigenvalue weighted by Crippen LogP contribution is 2.01. The molecule has 1 saturated heterocycles. The van der Waals surface area contributed by atoms with Crippen LogP contribution in [0.5, 0.6) is 0 Å². The standard InChI is InChI=1S/C5H11N.C3H6O/c1-5-3-2-4-6-5;1-2-3-4/h5-6H,2-4H2,1H3;3H,2H2,1H3. The van der Waals surface area contributed by atoms with Crippen LogP contribution in [0.25, 0.3) is 0 Å². The van der Waals surface area contributed by atoms with E-state index in [0.29, 0.717) is 6.42 Å². The van der Waals surface area contributed by atoms with Crippen LogP contribution in [0.1, 0.15) is 33.1 Å². The van der Waals surface area contributed by atoms with Crippen molar-refractivity contribution in [2.45, 2.75) is 39.2 Å². The summed E-state index contributed by atoms with van der Waals surface area (Å²) in [7, 11) is 0. The topological polar surface area (TPSA) is 29.1 Å². The SMILES string of the molecule is CC1CCCN1.CCC=O. The molecule has 0 saturated carbocycles. The van der Waals surface area contributed by atoms with Crippen molar-refractivity contribution in [1.82, 2.24) is 5.32 Å². The van der Waals surface area contributed by atoms with Crippen LogP contribution >= 0.6 is 0 Å². The van der Waals surface area contributed by atoms with Crippen LogP contribution in [0.3, 0.4) is 0 Å². The van der Waals surface area contributed by atoms with Crippen LogP contribution in [0, 0.1) is 0 Å². The number of aldehydes is 1. The molecule has 1 N–H and O–H groups in total. The molecule has 2 nitrogen and oxygen atoms in total. The maximum Gasteiger partial charge on any atom is 0.119 e. The van der Waals surface area contributed by atoms with Crippen molar-refractivity contribution in [3.63, 3.8) is 0 Å². The van der Waals surface area contributed by atoms with E-state index in [1.165, 1.54) is 19.4 Å². The molecule has 1 fully saturated rings. The molecule has 1 aliphatic heterocycles. The van der Waals surface area contributed by atoms with Gasteiger partial charge >= 0.3 is 0 Å². The zero-order chi connectivity index (χ0) is 7.82. The number of nitrogens with one attached hydrogen (secondary N) is 1. The van der Waals surface area contributed by atoms with E-state index in [-0.39, 0.29) is 0 Å². The molecule has 1 heterocycles. The lowest BCUT2D eigenvalue weighted by molar-refractivity contribution is -0.107. The van der Waals surface area contributed by atoms with Gasteiger partial charge in [0, 0.05) is 12.5 Å². The molecule has 60 valence electrons. The molecule has 0 amide bonds. The van der Waals surface area contributed by atoms with E-state index >= 15 is 0 Å². The Labute approximate surface area is 63.0 Å². The predicted octanol–water partition coefficient (Wildman–Crippen LogP) is 1.35. The van der Waals surface area contributed by atoms with Crippen molar-refractivity contribution in [2.24, 2.45) is 0 Å². The van der Waals surface area contributed by atoms with Crippen molar-refractivity contribution in [2.75, 3.05) is 6.54 Å². The van der Waals surface area contributed by atoms with Crippen molar-refractivity contribution in [3.8, 4) is 0 Å². The van der Waals surface area contributed by atoms with E-state index in [2.05, 4.69) is 12.2 Å². The maximum absolute atomic E-state index is 9.17. The molecule has 10 heavy (non-hydrogen) atoms. The molecule has 0 aromatic rings. The van der Waals surface area contributed by atoms with Crippen LogP contribution in [-0.2, 0) is 4.79 Å². The summed E-state index contributed by atoms with van der Waals surface area (Å²) in [6.07, 6.45) is 4.27. The fourth-order valence-electron chi connectivity index (χ4n) is 0.859. The smallest absolute Gasteiger partial charge is 0.119 e. The lowest BCUT2D eigenvalue weighted by Crippen LogP contribution is -2.16. The minimum Gasteiger partial charge on any atom is -0.314 e. The number of rotatable bonds is 1. The molecule has 1 unspecified atom stereocenters. The minimum absolute atomic E-state index is 0.639. The quantitative estimate of drug-likeness (QED) is 0.561. The largest absolute Gasteiger partial charge is 0.314 e. The van der Waals surface area contributed by atoms with Gasteiger partial charge in [0.25, 0.3) is 0 Å². The molecule has 1 aliphatic rings. The summed E-state index contributed by atoms with van der Waals surface area (Å²) >= 11 is 0. The van der Waals surface area contributed by atoms with Crippen molar-refractivity contribution in [3.05, 3.63) is 0 Å². The van der Waals surface area contributed by atoms with E-state index in [1.807, 2.05) is 6.92 Å². The maximum atomic E-state index is 9.17. The summed E-state index contributed by atoms with van der Waals surface area (Å²) in [5.74, 6) is 0. The molecule has 1 rings (SSSR count). The van der Waals surface area contributed by atoms with Gasteiger partial charge in [0.2, 0.25) is 0 Å². The van der Waals surface area contributed by atoms with Gasteiger partial charge in [-0.25, -0.2) is 0 Å². The Balaban J connectivity index is 0.000000180. The Hall–Kier alpha value is -0.370. The molecular weight excluding hydrogens is 126 g/mol. The Morgan fingerprint density at radius 2 is 2.30 bits per heavy atom. The first kappa shape index (κ1) is 9.63. The third-order valence-corrected chi connectivity index (χ3v) is 1.47. The fourth-order valence-corrected chi connectivity index (χ4v) is 0.859. The summed E-state index contributed by atoms with van der Waals surface area (Å²) in [6, 6.07) is 0.796. The second kappa shape index (κ2) is 6.75. The van der Waals surface area contributed by atoms with E-state index in [1.54, 1.807) is 0 Å². The lowest BCUT2D eigenvalue weighted by Gasteiger charge is -1.95. The van der Waals surface area contributed by atoms with Gasteiger partial charge in [0.1, 0.15) is 6.29 Å².